The van der Waals surface area contributed by atoms with Crippen LogP contribution < -0.4 is 5.73 Å². The Morgan fingerprint density at radius 1 is 1.55 bits per heavy atom. The summed E-state index contributed by atoms with van der Waals surface area (Å²) < 4.78 is 10.3. The largest absolute Gasteiger partial charge is 0.462 e. The summed E-state index contributed by atoms with van der Waals surface area (Å²) in [4.78, 5) is 14.6. The van der Waals surface area contributed by atoms with E-state index in [0.717, 1.165) is 24.4 Å². The van der Waals surface area contributed by atoms with Crippen LogP contribution in [-0.2, 0) is 16.0 Å². The molecule has 2 N–H and O–H groups in total. The number of carbonyl (C=O) groups is 1. The lowest BCUT2D eigenvalue weighted by Crippen LogP contribution is -2.36. The molecule has 1 aromatic heterocycles. The molecule has 0 spiro atoms. The molecule has 20 heavy (non-hydrogen) atoms. The van der Waals surface area contributed by atoms with Gasteiger partial charge in [0.1, 0.15) is 15.9 Å². The van der Waals surface area contributed by atoms with Crippen LogP contribution >= 0.6 is 11.3 Å². The van der Waals surface area contributed by atoms with Crippen molar-refractivity contribution < 1.29 is 14.3 Å². The fourth-order valence-corrected chi connectivity index (χ4v) is 3.03. The van der Waals surface area contributed by atoms with Crippen LogP contribution in [0.3, 0.4) is 0 Å². The van der Waals surface area contributed by atoms with E-state index in [-0.39, 0.29) is 0 Å². The molecule has 0 bridgehead atoms. The van der Waals surface area contributed by atoms with Crippen LogP contribution in [0, 0.1) is 11.3 Å². The highest BCUT2D eigenvalue weighted by Crippen LogP contribution is 2.32. The summed E-state index contributed by atoms with van der Waals surface area (Å²) in [6.45, 7) is 5.46. The van der Waals surface area contributed by atoms with Gasteiger partial charge in [-0.05, 0) is 6.92 Å². The first-order valence-corrected chi connectivity index (χ1v) is 7.27. The minimum atomic E-state index is -0.408. The van der Waals surface area contributed by atoms with E-state index in [1.54, 1.807) is 6.92 Å². The second kappa shape index (κ2) is 6.70. The fraction of sp³-hybridized carbons (Fsp3) is 0.538. The van der Waals surface area contributed by atoms with Crippen molar-refractivity contribution in [2.24, 2.45) is 0 Å². The molecule has 1 aromatic rings. The lowest BCUT2D eigenvalue weighted by molar-refractivity contribution is 0.0337. The SMILES string of the molecule is CCOC(=O)c1sc(N)c(C#N)c1CN1CCOCC1. The topological polar surface area (TPSA) is 88.6 Å². The van der Waals surface area contributed by atoms with Gasteiger partial charge in [0.05, 0.1) is 25.4 Å². The predicted octanol–water partition coefficient (Wildman–Crippen LogP) is 1.21. The van der Waals surface area contributed by atoms with Crippen molar-refractivity contribution in [3.8, 4) is 6.07 Å². The molecular weight excluding hydrogens is 278 g/mol. The maximum atomic E-state index is 12.0. The number of hydrogen-bond acceptors (Lipinski definition) is 7. The average Bonchev–Trinajstić information content (AvgIpc) is 2.76. The van der Waals surface area contributed by atoms with Crippen molar-refractivity contribution >= 4 is 22.3 Å². The Morgan fingerprint density at radius 3 is 2.85 bits per heavy atom. The smallest absolute Gasteiger partial charge is 0.348 e. The van der Waals surface area contributed by atoms with Crippen molar-refractivity contribution in [2.45, 2.75) is 13.5 Å². The third-order valence-electron chi connectivity index (χ3n) is 3.09. The van der Waals surface area contributed by atoms with Gasteiger partial charge in [-0.2, -0.15) is 5.26 Å². The molecule has 1 fully saturated rings. The molecule has 1 aliphatic heterocycles. The van der Waals surface area contributed by atoms with Gasteiger partial charge in [0.25, 0.3) is 0 Å². The Morgan fingerprint density at radius 2 is 2.25 bits per heavy atom. The van der Waals surface area contributed by atoms with Crippen LogP contribution in [-0.4, -0.2) is 43.8 Å². The molecule has 0 aliphatic carbocycles. The zero-order chi connectivity index (χ0) is 14.5. The number of ether oxygens (including phenoxy) is 2. The van der Waals surface area contributed by atoms with Gasteiger partial charge in [-0.3, -0.25) is 4.90 Å². The zero-order valence-corrected chi connectivity index (χ0v) is 12.2. The first kappa shape index (κ1) is 14.8. The average molecular weight is 295 g/mol. The van der Waals surface area contributed by atoms with Gasteiger partial charge >= 0.3 is 5.97 Å². The summed E-state index contributed by atoms with van der Waals surface area (Å²) in [5, 5.41) is 9.61. The lowest BCUT2D eigenvalue weighted by Gasteiger charge is -2.26. The highest BCUT2D eigenvalue weighted by Gasteiger charge is 2.24. The second-order valence-electron chi connectivity index (χ2n) is 4.37. The molecule has 0 aromatic carbocycles. The normalized spacial score (nSPS) is 15.8. The molecule has 6 nitrogen and oxygen atoms in total. The molecule has 2 rings (SSSR count). The minimum Gasteiger partial charge on any atom is -0.462 e. The summed E-state index contributed by atoms with van der Waals surface area (Å²) >= 11 is 1.13. The van der Waals surface area contributed by atoms with Crippen LogP contribution in [0.1, 0.15) is 27.7 Å². The highest BCUT2D eigenvalue weighted by molar-refractivity contribution is 7.18. The standard InChI is InChI=1S/C13H17N3O3S/c1-2-19-13(17)11-10(9(7-14)12(15)20-11)8-16-3-5-18-6-4-16/h2-6,8,15H2,1H3. The number of rotatable bonds is 4. The molecular formula is C13H17N3O3S. The fourth-order valence-electron chi connectivity index (χ4n) is 2.10. The van der Waals surface area contributed by atoms with E-state index in [0.29, 0.717) is 47.4 Å². The monoisotopic (exact) mass is 295 g/mol. The molecule has 0 radical (unpaired) electrons. The number of nitrogens with zero attached hydrogens (tertiary/aromatic N) is 2. The number of nitrogens with two attached hydrogens (primary N) is 1. The molecule has 2 heterocycles. The Hall–Kier alpha value is -1.62. The number of carbonyl (C=O) groups excluding carboxylic acids is 1. The van der Waals surface area contributed by atoms with Gasteiger partial charge in [0.2, 0.25) is 0 Å². The van der Waals surface area contributed by atoms with Crippen molar-refractivity contribution in [3.05, 3.63) is 16.0 Å². The van der Waals surface area contributed by atoms with Crippen LogP contribution in [0.25, 0.3) is 0 Å². The van der Waals surface area contributed by atoms with Gasteiger partial charge in [0.15, 0.2) is 0 Å². The molecule has 7 heteroatoms. The zero-order valence-electron chi connectivity index (χ0n) is 11.3. The molecule has 0 atom stereocenters. The van der Waals surface area contributed by atoms with Gasteiger partial charge in [-0.15, -0.1) is 11.3 Å². The Labute approximate surface area is 121 Å². The number of thiophene rings is 1. The van der Waals surface area contributed by atoms with E-state index in [4.69, 9.17) is 15.2 Å². The molecule has 0 unspecified atom stereocenters. The number of nitrogen functional groups attached to an aromatic ring is 1. The van der Waals surface area contributed by atoms with E-state index in [9.17, 15) is 10.1 Å². The highest BCUT2D eigenvalue weighted by atomic mass is 32.1. The van der Waals surface area contributed by atoms with Gasteiger partial charge in [-0.25, -0.2) is 4.79 Å². The van der Waals surface area contributed by atoms with Crippen LogP contribution in [0.2, 0.25) is 0 Å². The summed E-state index contributed by atoms with van der Waals surface area (Å²) in [6, 6.07) is 2.09. The summed E-state index contributed by atoms with van der Waals surface area (Å²) in [6.07, 6.45) is 0. The molecule has 0 saturated carbocycles. The van der Waals surface area contributed by atoms with Crippen molar-refractivity contribution in [1.82, 2.24) is 4.90 Å². The number of nitriles is 1. The summed E-state index contributed by atoms with van der Waals surface area (Å²) in [7, 11) is 0. The predicted molar refractivity (Wildman–Crippen MR) is 75.5 cm³/mol. The maximum absolute atomic E-state index is 12.0. The van der Waals surface area contributed by atoms with Crippen LogP contribution in [0.5, 0.6) is 0 Å². The first-order valence-electron chi connectivity index (χ1n) is 6.45. The second-order valence-corrected chi connectivity index (χ2v) is 5.42. The Bertz CT molecular complexity index is 530. The van der Waals surface area contributed by atoms with Crippen molar-refractivity contribution in [3.63, 3.8) is 0 Å². The number of anilines is 1. The van der Waals surface area contributed by atoms with E-state index in [1.165, 1.54) is 0 Å². The van der Waals surface area contributed by atoms with Gasteiger partial charge in [-0.1, -0.05) is 0 Å². The van der Waals surface area contributed by atoms with E-state index < -0.39 is 5.97 Å². The first-order chi connectivity index (χ1) is 9.67. The molecule has 1 saturated heterocycles. The van der Waals surface area contributed by atoms with E-state index >= 15 is 0 Å². The van der Waals surface area contributed by atoms with Crippen molar-refractivity contribution in [2.75, 3.05) is 38.6 Å². The van der Waals surface area contributed by atoms with E-state index in [1.807, 2.05) is 0 Å². The number of esters is 1. The molecule has 0 amide bonds. The minimum absolute atomic E-state index is 0.301. The third-order valence-corrected chi connectivity index (χ3v) is 4.13. The summed E-state index contributed by atoms with van der Waals surface area (Å²) in [5.41, 5.74) is 6.91. The third kappa shape index (κ3) is 3.10. The quantitative estimate of drug-likeness (QED) is 0.840. The van der Waals surface area contributed by atoms with Gasteiger partial charge < -0.3 is 15.2 Å². The summed E-state index contributed by atoms with van der Waals surface area (Å²) in [5.74, 6) is -0.408. The molecule has 108 valence electrons. The van der Waals surface area contributed by atoms with Crippen LogP contribution in [0.4, 0.5) is 5.00 Å². The van der Waals surface area contributed by atoms with Gasteiger partial charge in [0, 0.05) is 25.2 Å². The lowest BCUT2D eigenvalue weighted by atomic mass is 10.1. The molecule has 1 aliphatic rings. The van der Waals surface area contributed by atoms with Crippen molar-refractivity contribution in [1.29, 1.82) is 5.26 Å². The Balaban J connectivity index is 2.28. The maximum Gasteiger partial charge on any atom is 0.348 e. The van der Waals surface area contributed by atoms with Crippen LogP contribution in [0.15, 0.2) is 0 Å². The van der Waals surface area contributed by atoms with E-state index in [2.05, 4.69) is 11.0 Å². The Kier molecular flexibility index (Phi) is 4.95. The number of hydrogen-bond donors (Lipinski definition) is 1. The number of morpholine rings is 1.